The zero-order valence-corrected chi connectivity index (χ0v) is 16.6. The van der Waals surface area contributed by atoms with Crippen molar-refractivity contribution in [3.05, 3.63) is 44.2 Å². The van der Waals surface area contributed by atoms with Crippen molar-refractivity contribution in [2.75, 3.05) is 4.72 Å². The van der Waals surface area contributed by atoms with Crippen molar-refractivity contribution >= 4 is 38.9 Å². The molecule has 1 N–H and O–H groups in total. The Morgan fingerprint density at radius 3 is 2.26 bits per heavy atom. The fourth-order valence-corrected chi connectivity index (χ4v) is 3.36. The number of anilines is 1. The molecule has 0 saturated heterocycles. The molecule has 27 heavy (non-hydrogen) atoms. The maximum Gasteiger partial charge on any atom is 0.433 e. The van der Waals surface area contributed by atoms with E-state index >= 15 is 0 Å². The number of benzene rings is 1. The van der Waals surface area contributed by atoms with Crippen molar-refractivity contribution in [1.29, 1.82) is 0 Å². The van der Waals surface area contributed by atoms with Crippen molar-refractivity contribution in [3.63, 3.8) is 0 Å². The molecule has 0 radical (unpaired) electrons. The molecular formula is C15H14Cl2F3N3O3S. The number of sulfonamides is 1. The molecule has 1 aromatic heterocycles. The number of aryl methyl sites for hydroxylation is 1. The minimum Gasteiger partial charge on any atom is -0.287 e. The van der Waals surface area contributed by atoms with Crippen LogP contribution in [0.5, 0.6) is 0 Å². The summed E-state index contributed by atoms with van der Waals surface area (Å²) >= 11 is 12.0. The molecule has 12 heteroatoms. The number of hydrogen-bond acceptors (Lipinski definition) is 4. The lowest BCUT2D eigenvalue weighted by atomic mass is 10.1. The van der Waals surface area contributed by atoms with Crippen molar-refractivity contribution in [2.24, 2.45) is 7.05 Å². The third kappa shape index (κ3) is 4.56. The van der Waals surface area contributed by atoms with Crippen molar-refractivity contribution < 1.29 is 21.6 Å². The fraction of sp³-hybridized carbons (Fsp3) is 0.333. The predicted octanol–water partition coefficient (Wildman–Crippen LogP) is 3.92. The van der Waals surface area contributed by atoms with Crippen molar-refractivity contribution in [1.82, 2.24) is 9.78 Å². The second kappa shape index (κ2) is 7.33. The Kier molecular flexibility index (Phi) is 5.84. The van der Waals surface area contributed by atoms with Crippen LogP contribution in [0.1, 0.15) is 19.5 Å². The van der Waals surface area contributed by atoms with E-state index in [1.165, 1.54) is 19.9 Å². The van der Waals surface area contributed by atoms with Gasteiger partial charge in [0.25, 0.3) is 0 Å². The monoisotopic (exact) mass is 443 g/mol. The zero-order chi connectivity index (χ0) is 20.7. The molecule has 2 aromatic rings. The maximum absolute atomic E-state index is 12.9. The van der Waals surface area contributed by atoms with Crippen LogP contribution in [0.3, 0.4) is 0 Å². The lowest BCUT2D eigenvalue weighted by molar-refractivity contribution is -0.144. The van der Waals surface area contributed by atoms with Gasteiger partial charge in [0.1, 0.15) is 11.4 Å². The van der Waals surface area contributed by atoms with Gasteiger partial charge in [-0.3, -0.25) is 14.2 Å². The Bertz CT molecular complexity index is 1050. The SMILES string of the molecule is CC(C)S(=O)(=O)Nc1cc(-c2nn(C)c(C(F)(F)F)cc2=O)c(Cl)cc1Cl. The first-order chi connectivity index (χ1) is 12.2. The Morgan fingerprint density at radius 1 is 1.15 bits per heavy atom. The second-order valence-corrected chi connectivity index (χ2v) is 8.92. The molecule has 1 heterocycles. The van der Waals surface area contributed by atoms with Crippen LogP contribution in [0.25, 0.3) is 11.3 Å². The summed E-state index contributed by atoms with van der Waals surface area (Å²) in [6, 6.07) is 2.72. The summed E-state index contributed by atoms with van der Waals surface area (Å²) < 4.78 is 65.6. The third-order valence-electron chi connectivity index (χ3n) is 3.57. The number of halogens is 5. The lowest BCUT2D eigenvalue weighted by Crippen LogP contribution is -2.23. The van der Waals surface area contributed by atoms with Crippen LogP contribution in [-0.4, -0.2) is 23.4 Å². The summed E-state index contributed by atoms with van der Waals surface area (Å²) in [5, 5.41) is 2.76. The zero-order valence-electron chi connectivity index (χ0n) is 14.2. The lowest BCUT2D eigenvalue weighted by Gasteiger charge is -2.15. The molecule has 0 amide bonds. The van der Waals surface area contributed by atoms with Gasteiger partial charge in [0, 0.05) is 18.7 Å². The van der Waals surface area contributed by atoms with E-state index in [0.29, 0.717) is 10.7 Å². The fourth-order valence-electron chi connectivity index (χ4n) is 2.07. The first kappa shape index (κ1) is 21.5. The van der Waals surface area contributed by atoms with Gasteiger partial charge >= 0.3 is 6.18 Å². The Balaban J connectivity index is 2.65. The molecule has 0 atom stereocenters. The van der Waals surface area contributed by atoms with E-state index in [0.717, 1.165) is 13.1 Å². The topological polar surface area (TPSA) is 81.1 Å². The van der Waals surface area contributed by atoms with Gasteiger partial charge in [-0.2, -0.15) is 18.3 Å². The molecule has 0 spiro atoms. The van der Waals surface area contributed by atoms with Crippen molar-refractivity contribution in [3.8, 4) is 11.3 Å². The molecule has 0 saturated carbocycles. The van der Waals surface area contributed by atoms with Crippen molar-refractivity contribution in [2.45, 2.75) is 25.3 Å². The van der Waals surface area contributed by atoms with Crippen LogP contribution in [0, 0.1) is 0 Å². The summed E-state index contributed by atoms with van der Waals surface area (Å²) in [5.41, 5.74) is -2.77. The first-order valence-corrected chi connectivity index (χ1v) is 9.71. The summed E-state index contributed by atoms with van der Waals surface area (Å²) in [6.07, 6.45) is -4.76. The van der Waals surface area contributed by atoms with Crippen LogP contribution >= 0.6 is 23.2 Å². The number of alkyl halides is 3. The van der Waals surface area contributed by atoms with Gasteiger partial charge in [0.2, 0.25) is 15.5 Å². The van der Waals surface area contributed by atoms with Gasteiger partial charge in [-0.05, 0) is 26.0 Å². The van der Waals surface area contributed by atoms with Gasteiger partial charge in [0.15, 0.2) is 0 Å². The molecular weight excluding hydrogens is 430 g/mol. The van der Waals surface area contributed by atoms with E-state index in [1.54, 1.807) is 0 Å². The van der Waals surface area contributed by atoms with E-state index in [2.05, 4.69) is 9.82 Å². The van der Waals surface area contributed by atoms with Gasteiger partial charge in [-0.15, -0.1) is 0 Å². The molecule has 0 aliphatic heterocycles. The standard InChI is InChI=1S/C15H14Cl2F3N3O3S/c1-7(2)27(25,26)22-11-4-8(9(16)5-10(11)17)14-12(24)6-13(15(18,19)20)23(3)21-14/h4-7,22H,1-3H3. The van der Waals surface area contributed by atoms with Crippen LogP contribution in [0.4, 0.5) is 18.9 Å². The Hall–Kier alpha value is -1.78. The van der Waals surface area contributed by atoms with E-state index in [1.807, 2.05) is 0 Å². The summed E-state index contributed by atoms with van der Waals surface area (Å²) in [7, 11) is -2.73. The summed E-state index contributed by atoms with van der Waals surface area (Å²) in [4.78, 5) is 12.2. The maximum atomic E-state index is 12.9. The van der Waals surface area contributed by atoms with Gasteiger partial charge in [-0.1, -0.05) is 23.2 Å². The highest BCUT2D eigenvalue weighted by Crippen LogP contribution is 2.35. The van der Waals surface area contributed by atoms with Gasteiger partial charge in [0.05, 0.1) is 21.0 Å². The first-order valence-electron chi connectivity index (χ1n) is 7.40. The Labute approximate surface area is 163 Å². The van der Waals surface area contributed by atoms with Crippen LogP contribution in [-0.2, 0) is 23.2 Å². The Morgan fingerprint density at radius 2 is 1.74 bits per heavy atom. The molecule has 0 aliphatic rings. The third-order valence-corrected chi connectivity index (χ3v) is 5.95. The average molecular weight is 444 g/mol. The normalized spacial score (nSPS) is 12.5. The number of nitrogens with one attached hydrogen (secondary N) is 1. The minimum atomic E-state index is -4.76. The van der Waals surface area contributed by atoms with Crippen LogP contribution in [0.15, 0.2) is 23.0 Å². The van der Waals surface area contributed by atoms with E-state index in [4.69, 9.17) is 23.2 Å². The van der Waals surface area contributed by atoms with Crippen LogP contribution < -0.4 is 10.2 Å². The molecule has 2 rings (SSSR count). The quantitative estimate of drug-likeness (QED) is 0.775. The highest BCUT2D eigenvalue weighted by molar-refractivity contribution is 7.93. The highest BCUT2D eigenvalue weighted by Gasteiger charge is 2.34. The van der Waals surface area contributed by atoms with E-state index in [9.17, 15) is 26.4 Å². The van der Waals surface area contributed by atoms with Gasteiger partial charge in [-0.25, -0.2) is 8.42 Å². The number of hydrogen-bond donors (Lipinski definition) is 1. The second-order valence-electron chi connectivity index (χ2n) is 5.87. The molecule has 0 fully saturated rings. The summed E-state index contributed by atoms with van der Waals surface area (Å²) in [6.45, 7) is 2.89. The van der Waals surface area contributed by atoms with E-state index < -0.39 is 32.6 Å². The predicted molar refractivity (Wildman–Crippen MR) is 97.6 cm³/mol. The highest BCUT2D eigenvalue weighted by atomic mass is 35.5. The molecule has 148 valence electrons. The molecule has 0 bridgehead atoms. The average Bonchev–Trinajstić information content (AvgIpc) is 2.50. The van der Waals surface area contributed by atoms with Crippen LogP contribution in [0.2, 0.25) is 10.0 Å². The smallest absolute Gasteiger partial charge is 0.287 e. The minimum absolute atomic E-state index is 0.0447. The molecule has 0 unspecified atom stereocenters. The van der Waals surface area contributed by atoms with Gasteiger partial charge < -0.3 is 0 Å². The molecule has 6 nitrogen and oxygen atoms in total. The number of rotatable bonds is 4. The summed E-state index contributed by atoms with van der Waals surface area (Å²) in [5.74, 6) is 0. The number of aromatic nitrogens is 2. The largest absolute Gasteiger partial charge is 0.433 e. The van der Waals surface area contributed by atoms with E-state index in [-0.39, 0.29) is 27.0 Å². The molecule has 1 aromatic carbocycles. The molecule has 0 aliphatic carbocycles. The number of nitrogens with zero attached hydrogens (tertiary/aromatic N) is 2.